The number of rotatable bonds is 4. The molecule has 0 saturated carbocycles. The minimum absolute atomic E-state index is 0.0672. The predicted molar refractivity (Wildman–Crippen MR) is 103 cm³/mol. The zero-order valence-electron chi connectivity index (χ0n) is 13.2. The number of carbonyl (C=O) groups is 1. The predicted octanol–water partition coefficient (Wildman–Crippen LogP) is 2.52. The maximum absolute atomic E-state index is 12.0. The fourth-order valence-electron chi connectivity index (χ4n) is 1.94. The first-order valence-electron chi connectivity index (χ1n) is 7.12. The Bertz CT molecular complexity index is 867. The van der Waals surface area contributed by atoms with Gasteiger partial charge in [0.05, 0.1) is 5.75 Å². The SMILES string of the molecule is CS(=O)(=O)Cc1ccc(C(=O)NNC(=S)Nc2ccc(Cl)cc2)cc1. The van der Waals surface area contributed by atoms with Gasteiger partial charge in [-0.15, -0.1) is 0 Å². The molecule has 0 atom stereocenters. The molecule has 0 saturated heterocycles. The number of sulfone groups is 1. The van der Waals surface area contributed by atoms with E-state index in [-0.39, 0.29) is 10.9 Å². The molecule has 0 radical (unpaired) electrons. The highest BCUT2D eigenvalue weighted by Crippen LogP contribution is 2.13. The Hall–Kier alpha value is -2.16. The summed E-state index contributed by atoms with van der Waals surface area (Å²) in [4.78, 5) is 12.0. The fraction of sp³-hybridized carbons (Fsp3) is 0.125. The number of anilines is 1. The van der Waals surface area contributed by atoms with E-state index in [0.29, 0.717) is 16.1 Å². The van der Waals surface area contributed by atoms with E-state index in [0.717, 1.165) is 11.9 Å². The number of hydrogen-bond donors (Lipinski definition) is 3. The van der Waals surface area contributed by atoms with Crippen molar-refractivity contribution in [1.82, 2.24) is 10.9 Å². The average Bonchev–Trinajstić information content (AvgIpc) is 2.54. The minimum Gasteiger partial charge on any atom is -0.331 e. The lowest BCUT2D eigenvalue weighted by molar-refractivity contribution is 0.0944. The van der Waals surface area contributed by atoms with Crippen LogP contribution in [0, 0.1) is 0 Å². The molecule has 0 aliphatic heterocycles. The molecule has 132 valence electrons. The minimum atomic E-state index is -3.11. The highest BCUT2D eigenvalue weighted by molar-refractivity contribution is 7.89. The topological polar surface area (TPSA) is 87.3 Å². The van der Waals surface area contributed by atoms with E-state index >= 15 is 0 Å². The molecule has 0 spiro atoms. The van der Waals surface area contributed by atoms with Crippen molar-refractivity contribution >= 4 is 50.4 Å². The van der Waals surface area contributed by atoms with Crippen LogP contribution < -0.4 is 16.2 Å². The number of hydrogen-bond acceptors (Lipinski definition) is 4. The molecule has 0 aliphatic carbocycles. The molecule has 25 heavy (non-hydrogen) atoms. The van der Waals surface area contributed by atoms with Gasteiger partial charge in [0, 0.05) is 22.5 Å². The van der Waals surface area contributed by atoms with Crippen LogP contribution in [0.3, 0.4) is 0 Å². The number of amides is 1. The standard InChI is InChI=1S/C16H16ClN3O3S2/c1-25(22,23)10-11-2-4-12(5-3-11)15(21)19-20-16(24)18-14-8-6-13(17)7-9-14/h2-9H,10H2,1H3,(H,19,21)(H2,18,20,24). The Morgan fingerprint density at radius 1 is 1.04 bits per heavy atom. The molecule has 1 amide bonds. The first-order chi connectivity index (χ1) is 11.7. The second kappa shape index (κ2) is 8.28. The van der Waals surface area contributed by atoms with Crippen molar-refractivity contribution in [3.63, 3.8) is 0 Å². The molecule has 2 rings (SSSR count). The molecule has 6 nitrogen and oxygen atoms in total. The molecule has 9 heteroatoms. The van der Waals surface area contributed by atoms with Crippen molar-refractivity contribution in [2.24, 2.45) is 0 Å². The molecule has 0 fully saturated rings. The summed E-state index contributed by atoms with van der Waals surface area (Å²) in [5, 5.41) is 3.71. The summed E-state index contributed by atoms with van der Waals surface area (Å²) in [5.74, 6) is -0.464. The van der Waals surface area contributed by atoms with Gasteiger partial charge in [0.2, 0.25) is 0 Å². The van der Waals surface area contributed by atoms with Crippen molar-refractivity contribution in [2.75, 3.05) is 11.6 Å². The van der Waals surface area contributed by atoms with Gasteiger partial charge in [-0.2, -0.15) is 0 Å². The average molecular weight is 398 g/mol. The largest absolute Gasteiger partial charge is 0.331 e. The number of thiocarbonyl (C=S) groups is 1. The summed E-state index contributed by atoms with van der Waals surface area (Å²) < 4.78 is 22.5. The maximum atomic E-state index is 12.0. The normalized spacial score (nSPS) is 10.8. The molecule has 2 aromatic carbocycles. The van der Waals surface area contributed by atoms with Crippen molar-refractivity contribution in [3.05, 3.63) is 64.7 Å². The lowest BCUT2D eigenvalue weighted by atomic mass is 10.1. The van der Waals surface area contributed by atoms with E-state index in [1.54, 1.807) is 48.5 Å². The molecule has 0 bridgehead atoms. The van der Waals surface area contributed by atoms with Crippen LogP contribution >= 0.6 is 23.8 Å². The van der Waals surface area contributed by atoms with Gasteiger partial charge < -0.3 is 5.32 Å². The Morgan fingerprint density at radius 3 is 2.20 bits per heavy atom. The quantitative estimate of drug-likeness (QED) is 0.542. The highest BCUT2D eigenvalue weighted by atomic mass is 35.5. The van der Waals surface area contributed by atoms with Crippen LogP contribution in [0.2, 0.25) is 5.02 Å². The van der Waals surface area contributed by atoms with Gasteiger partial charge in [-0.05, 0) is 54.2 Å². The Morgan fingerprint density at radius 2 is 1.64 bits per heavy atom. The monoisotopic (exact) mass is 397 g/mol. The fourth-order valence-corrected chi connectivity index (χ4v) is 3.03. The third kappa shape index (κ3) is 6.69. The maximum Gasteiger partial charge on any atom is 0.269 e. The number of benzene rings is 2. The molecule has 3 N–H and O–H groups in total. The molecule has 0 unspecified atom stereocenters. The Kier molecular flexibility index (Phi) is 6.35. The number of halogens is 1. The van der Waals surface area contributed by atoms with Crippen molar-refractivity contribution in [1.29, 1.82) is 0 Å². The van der Waals surface area contributed by atoms with Crippen LogP contribution in [0.5, 0.6) is 0 Å². The summed E-state index contributed by atoms with van der Waals surface area (Å²) in [7, 11) is -3.11. The molecular formula is C16H16ClN3O3S2. The zero-order chi connectivity index (χ0) is 18.4. The summed E-state index contributed by atoms with van der Waals surface area (Å²) in [5.41, 5.74) is 6.76. The van der Waals surface area contributed by atoms with E-state index in [1.165, 1.54) is 0 Å². The van der Waals surface area contributed by atoms with Crippen LogP contribution in [-0.4, -0.2) is 25.7 Å². The molecule has 2 aromatic rings. The van der Waals surface area contributed by atoms with E-state index in [2.05, 4.69) is 16.2 Å². The van der Waals surface area contributed by atoms with Crippen LogP contribution in [0.15, 0.2) is 48.5 Å². The van der Waals surface area contributed by atoms with Crippen LogP contribution in [0.4, 0.5) is 5.69 Å². The van der Waals surface area contributed by atoms with Crippen molar-refractivity contribution in [3.8, 4) is 0 Å². The number of carbonyl (C=O) groups excluding carboxylic acids is 1. The molecular weight excluding hydrogens is 382 g/mol. The van der Waals surface area contributed by atoms with Crippen LogP contribution in [0.1, 0.15) is 15.9 Å². The summed E-state index contributed by atoms with van der Waals surface area (Å²) in [6.45, 7) is 0. The molecule has 0 aliphatic rings. The van der Waals surface area contributed by atoms with Gasteiger partial charge in [0.1, 0.15) is 0 Å². The Balaban J connectivity index is 1.87. The van der Waals surface area contributed by atoms with Crippen molar-refractivity contribution < 1.29 is 13.2 Å². The van der Waals surface area contributed by atoms with E-state index < -0.39 is 15.7 Å². The lowest BCUT2D eigenvalue weighted by Crippen LogP contribution is -2.43. The van der Waals surface area contributed by atoms with Gasteiger partial charge in [-0.25, -0.2) is 8.42 Å². The summed E-state index contributed by atoms with van der Waals surface area (Å²) in [6, 6.07) is 13.2. The van der Waals surface area contributed by atoms with Gasteiger partial charge in [-0.1, -0.05) is 23.7 Å². The van der Waals surface area contributed by atoms with Gasteiger partial charge in [-0.3, -0.25) is 15.6 Å². The third-order valence-corrected chi connectivity index (χ3v) is 4.35. The smallest absolute Gasteiger partial charge is 0.269 e. The van der Waals surface area contributed by atoms with E-state index in [4.69, 9.17) is 23.8 Å². The second-order valence-corrected chi connectivity index (χ2v) is 8.29. The van der Waals surface area contributed by atoms with Gasteiger partial charge >= 0.3 is 0 Å². The van der Waals surface area contributed by atoms with Crippen LogP contribution in [-0.2, 0) is 15.6 Å². The lowest BCUT2D eigenvalue weighted by Gasteiger charge is -2.12. The first-order valence-corrected chi connectivity index (χ1v) is 9.97. The van der Waals surface area contributed by atoms with Gasteiger partial charge in [0.25, 0.3) is 5.91 Å². The van der Waals surface area contributed by atoms with Gasteiger partial charge in [0.15, 0.2) is 14.9 Å². The second-order valence-electron chi connectivity index (χ2n) is 5.31. The van der Waals surface area contributed by atoms with E-state index in [9.17, 15) is 13.2 Å². The number of nitrogens with one attached hydrogen (secondary N) is 3. The van der Waals surface area contributed by atoms with E-state index in [1.807, 2.05) is 0 Å². The molecule has 0 aromatic heterocycles. The van der Waals surface area contributed by atoms with Crippen LogP contribution in [0.25, 0.3) is 0 Å². The summed E-state index contributed by atoms with van der Waals surface area (Å²) >= 11 is 10.9. The number of hydrazine groups is 1. The van der Waals surface area contributed by atoms with Crippen molar-refractivity contribution in [2.45, 2.75) is 5.75 Å². The Labute approximate surface area is 156 Å². The zero-order valence-corrected chi connectivity index (χ0v) is 15.6. The highest BCUT2D eigenvalue weighted by Gasteiger charge is 2.08. The summed E-state index contributed by atoms with van der Waals surface area (Å²) in [6.07, 6.45) is 1.16. The third-order valence-electron chi connectivity index (χ3n) is 3.04. The molecule has 0 heterocycles. The first kappa shape index (κ1) is 19.2.